The summed E-state index contributed by atoms with van der Waals surface area (Å²) in [6.45, 7) is 9.08. The van der Waals surface area contributed by atoms with Crippen LogP contribution in [0.25, 0.3) is 0 Å². The number of nitrogens with one attached hydrogen (secondary N) is 2. The number of hydrogen-bond acceptors (Lipinski definition) is 4. The standard InChI is InChI=1S/C24H41F5N2O4/c1-6-7-8-9-10-11-12-13-35-21(33)19(15-17(4)5)30-20(32)18(14-16(2)3)31-22(34)23(25,26)24(27,28)29/h16-19H,6-15H2,1-5H3,(H,30,32)(H,31,34). The van der Waals surface area contributed by atoms with E-state index in [9.17, 15) is 36.3 Å². The Morgan fingerprint density at radius 2 is 1.23 bits per heavy atom. The Labute approximate surface area is 205 Å². The maximum atomic E-state index is 13.4. The summed E-state index contributed by atoms with van der Waals surface area (Å²) in [7, 11) is 0. The predicted octanol–water partition coefficient (Wildman–Crippen LogP) is 5.54. The van der Waals surface area contributed by atoms with Gasteiger partial charge in [-0.15, -0.1) is 0 Å². The van der Waals surface area contributed by atoms with Crippen LogP contribution in [0.4, 0.5) is 22.0 Å². The highest BCUT2D eigenvalue weighted by Crippen LogP contribution is 2.35. The van der Waals surface area contributed by atoms with Gasteiger partial charge in [0.05, 0.1) is 6.61 Å². The lowest BCUT2D eigenvalue weighted by molar-refractivity contribution is -0.270. The van der Waals surface area contributed by atoms with Crippen LogP contribution >= 0.6 is 0 Å². The second-order valence-electron chi connectivity index (χ2n) is 9.71. The summed E-state index contributed by atoms with van der Waals surface area (Å²) in [5, 5.41) is 3.87. The minimum Gasteiger partial charge on any atom is -0.464 e. The first-order valence-electron chi connectivity index (χ1n) is 12.4. The van der Waals surface area contributed by atoms with Gasteiger partial charge in [0, 0.05) is 0 Å². The molecule has 2 unspecified atom stereocenters. The second kappa shape index (κ2) is 15.9. The van der Waals surface area contributed by atoms with Gasteiger partial charge in [0.25, 0.3) is 0 Å². The Balaban J connectivity index is 5.11. The van der Waals surface area contributed by atoms with Crippen molar-refractivity contribution in [3.8, 4) is 0 Å². The van der Waals surface area contributed by atoms with Gasteiger partial charge in [-0.3, -0.25) is 9.59 Å². The van der Waals surface area contributed by atoms with Gasteiger partial charge in [0.1, 0.15) is 12.1 Å². The summed E-state index contributed by atoms with van der Waals surface area (Å²) in [6, 6.07) is -2.80. The van der Waals surface area contributed by atoms with Crippen molar-refractivity contribution in [2.45, 2.75) is 117 Å². The Kier molecular flexibility index (Phi) is 15.0. The molecule has 11 heteroatoms. The molecule has 35 heavy (non-hydrogen) atoms. The Morgan fingerprint density at radius 1 is 0.743 bits per heavy atom. The summed E-state index contributed by atoms with van der Waals surface area (Å²) in [5.74, 6) is -10.4. The highest BCUT2D eigenvalue weighted by molar-refractivity contribution is 5.92. The molecule has 0 aliphatic carbocycles. The monoisotopic (exact) mass is 516 g/mol. The van der Waals surface area contributed by atoms with Gasteiger partial charge in [0.15, 0.2) is 0 Å². The van der Waals surface area contributed by atoms with Gasteiger partial charge >= 0.3 is 24.0 Å². The summed E-state index contributed by atoms with van der Waals surface area (Å²) in [4.78, 5) is 36.9. The smallest absolute Gasteiger partial charge is 0.463 e. The van der Waals surface area contributed by atoms with E-state index in [1.807, 2.05) is 0 Å². The summed E-state index contributed by atoms with van der Waals surface area (Å²) in [6.07, 6.45) is 0.998. The van der Waals surface area contributed by atoms with E-state index in [4.69, 9.17) is 4.74 Å². The molecule has 0 aromatic carbocycles. The van der Waals surface area contributed by atoms with E-state index in [0.717, 1.165) is 32.1 Å². The molecule has 0 bridgehead atoms. The summed E-state index contributed by atoms with van der Waals surface area (Å²) in [5.41, 5.74) is 0. The van der Waals surface area contributed by atoms with Crippen molar-refractivity contribution in [2.24, 2.45) is 11.8 Å². The quantitative estimate of drug-likeness (QED) is 0.151. The first-order chi connectivity index (χ1) is 16.1. The minimum atomic E-state index is -6.10. The number of halogens is 5. The molecular weight excluding hydrogens is 475 g/mol. The van der Waals surface area contributed by atoms with Crippen LogP contribution in [0.5, 0.6) is 0 Å². The molecule has 0 aromatic heterocycles. The molecule has 0 radical (unpaired) electrons. The molecule has 0 saturated heterocycles. The highest BCUT2D eigenvalue weighted by Gasteiger charge is 2.63. The lowest BCUT2D eigenvalue weighted by Gasteiger charge is -2.26. The van der Waals surface area contributed by atoms with E-state index < -0.39 is 42.0 Å². The number of hydrogen-bond donors (Lipinski definition) is 2. The molecule has 0 rings (SSSR count). The Morgan fingerprint density at radius 3 is 1.71 bits per heavy atom. The molecule has 0 aliphatic heterocycles. The lowest BCUT2D eigenvalue weighted by atomic mass is 10.00. The first-order valence-corrected chi connectivity index (χ1v) is 12.4. The molecule has 0 heterocycles. The molecule has 206 valence electrons. The van der Waals surface area contributed by atoms with Crippen LogP contribution in [0, 0.1) is 11.8 Å². The predicted molar refractivity (Wildman–Crippen MR) is 123 cm³/mol. The van der Waals surface area contributed by atoms with Crippen molar-refractivity contribution < 1.29 is 41.1 Å². The van der Waals surface area contributed by atoms with Crippen LogP contribution in [0.3, 0.4) is 0 Å². The zero-order valence-corrected chi connectivity index (χ0v) is 21.4. The van der Waals surface area contributed by atoms with Crippen LogP contribution in [-0.4, -0.2) is 48.6 Å². The number of carbonyl (C=O) groups is 3. The lowest BCUT2D eigenvalue weighted by Crippen LogP contribution is -2.58. The maximum Gasteiger partial charge on any atom is 0.463 e. The number of esters is 1. The molecule has 0 fully saturated rings. The topological polar surface area (TPSA) is 84.5 Å². The Bertz CT molecular complexity index is 654. The van der Waals surface area contributed by atoms with Crippen LogP contribution in [0.2, 0.25) is 0 Å². The molecule has 0 saturated carbocycles. The van der Waals surface area contributed by atoms with Crippen LogP contribution in [0.1, 0.15) is 92.4 Å². The van der Waals surface area contributed by atoms with Crippen molar-refractivity contribution in [1.29, 1.82) is 0 Å². The molecule has 2 atom stereocenters. The zero-order chi connectivity index (χ0) is 27.2. The largest absolute Gasteiger partial charge is 0.464 e. The van der Waals surface area contributed by atoms with E-state index >= 15 is 0 Å². The van der Waals surface area contributed by atoms with Gasteiger partial charge in [-0.05, 0) is 31.1 Å². The number of alkyl halides is 5. The van der Waals surface area contributed by atoms with Gasteiger partial charge in [-0.1, -0.05) is 73.1 Å². The van der Waals surface area contributed by atoms with Gasteiger partial charge in [0.2, 0.25) is 5.91 Å². The number of carbonyl (C=O) groups excluding carboxylic acids is 3. The van der Waals surface area contributed by atoms with E-state index in [-0.39, 0.29) is 31.3 Å². The third-order valence-corrected chi connectivity index (χ3v) is 5.27. The van der Waals surface area contributed by atoms with Gasteiger partial charge < -0.3 is 15.4 Å². The van der Waals surface area contributed by atoms with E-state index in [1.54, 1.807) is 27.7 Å². The summed E-state index contributed by atoms with van der Waals surface area (Å²) < 4.78 is 69.7. The van der Waals surface area contributed by atoms with E-state index in [2.05, 4.69) is 12.2 Å². The average molecular weight is 517 g/mol. The number of unbranched alkanes of at least 4 members (excludes halogenated alkanes) is 6. The van der Waals surface area contributed by atoms with Crippen LogP contribution < -0.4 is 10.6 Å². The molecular formula is C24H41F5N2O4. The molecule has 0 aliphatic rings. The fourth-order valence-electron chi connectivity index (χ4n) is 3.37. The normalized spacial score (nSPS) is 14.1. The van der Waals surface area contributed by atoms with Crippen molar-refractivity contribution in [1.82, 2.24) is 10.6 Å². The molecule has 2 amide bonds. The molecule has 2 N–H and O–H groups in total. The van der Waals surface area contributed by atoms with Crippen molar-refractivity contribution in [3.63, 3.8) is 0 Å². The van der Waals surface area contributed by atoms with E-state index in [1.165, 1.54) is 11.7 Å². The fourth-order valence-corrected chi connectivity index (χ4v) is 3.37. The molecule has 6 nitrogen and oxygen atoms in total. The van der Waals surface area contributed by atoms with Crippen molar-refractivity contribution >= 4 is 17.8 Å². The zero-order valence-electron chi connectivity index (χ0n) is 21.4. The molecule has 0 aromatic rings. The van der Waals surface area contributed by atoms with Crippen LogP contribution in [0.15, 0.2) is 0 Å². The number of rotatable bonds is 17. The van der Waals surface area contributed by atoms with Crippen LogP contribution in [-0.2, 0) is 19.1 Å². The average Bonchev–Trinajstić information content (AvgIpc) is 2.72. The van der Waals surface area contributed by atoms with Gasteiger partial charge in [-0.25, -0.2) is 4.79 Å². The number of ether oxygens (including phenoxy) is 1. The highest BCUT2D eigenvalue weighted by atomic mass is 19.4. The van der Waals surface area contributed by atoms with Crippen molar-refractivity contribution in [3.05, 3.63) is 0 Å². The first kappa shape index (κ1) is 33.1. The van der Waals surface area contributed by atoms with Crippen molar-refractivity contribution in [2.75, 3.05) is 6.61 Å². The molecule has 0 spiro atoms. The Hall–Kier alpha value is -1.94. The third kappa shape index (κ3) is 13.1. The minimum absolute atomic E-state index is 0.0564. The van der Waals surface area contributed by atoms with E-state index in [0.29, 0.717) is 6.42 Å². The maximum absolute atomic E-state index is 13.4. The second-order valence-corrected chi connectivity index (χ2v) is 9.71. The SMILES string of the molecule is CCCCCCCCCOC(=O)C(CC(C)C)NC(=O)C(CC(C)C)NC(=O)C(F)(F)C(F)(F)F. The van der Waals surface area contributed by atoms with Gasteiger partial charge in [-0.2, -0.15) is 22.0 Å². The fraction of sp³-hybridized carbons (Fsp3) is 0.875. The number of amides is 2. The third-order valence-electron chi connectivity index (χ3n) is 5.27. The summed E-state index contributed by atoms with van der Waals surface area (Å²) >= 11 is 0.